The number of amides is 2. The third-order valence-electron chi connectivity index (χ3n) is 3.71. The number of aryl methyl sites for hydroxylation is 1. The number of hydrogen-bond acceptors (Lipinski definition) is 3. The minimum absolute atomic E-state index is 0.287. The fraction of sp³-hybridized carbons (Fsp3) is 0.615. The van der Waals surface area contributed by atoms with Crippen LogP contribution in [0.4, 0.5) is 10.6 Å². The van der Waals surface area contributed by atoms with Crippen LogP contribution in [0, 0.1) is 5.92 Å². The highest BCUT2D eigenvalue weighted by molar-refractivity contribution is 5.93. The summed E-state index contributed by atoms with van der Waals surface area (Å²) in [5.41, 5.74) is -1.17. The molecule has 7 heteroatoms. The Bertz CT molecular complexity index is 513. The minimum Gasteiger partial charge on any atom is -0.480 e. The van der Waals surface area contributed by atoms with Crippen LogP contribution in [0.2, 0.25) is 0 Å². The van der Waals surface area contributed by atoms with Crippen molar-refractivity contribution in [3.63, 3.8) is 0 Å². The van der Waals surface area contributed by atoms with Crippen molar-refractivity contribution in [3.05, 3.63) is 12.3 Å². The Hall–Kier alpha value is -2.05. The second-order valence-electron chi connectivity index (χ2n) is 5.54. The Kier molecular flexibility index (Phi) is 3.96. The molecule has 2 atom stereocenters. The van der Waals surface area contributed by atoms with Gasteiger partial charge in [0.1, 0.15) is 5.54 Å². The zero-order valence-corrected chi connectivity index (χ0v) is 11.7. The second kappa shape index (κ2) is 5.52. The zero-order valence-electron chi connectivity index (χ0n) is 11.7. The van der Waals surface area contributed by atoms with Crippen molar-refractivity contribution < 1.29 is 14.7 Å². The van der Waals surface area contributed by atoms with Gasteiger partial charge >= 0.3 is 12.0 Å². The van der Waals surface area contributed by atoms with Gasteiger partial charge in [0.05, 0.1) is 0 Å². The van der Waals surface area contributed by atoms with Gasteiger partial charge in [-0.3, -0.25) is 10.00 Å². The van der Waals surface area contributed by atoms with Crippen molar-refractivity contribution in [2.45, 2.75) is 38.1 Å². The topological polar surface area (TPSA) is 96.3 Å². The summed E-state index contributed by atoms with van der Waals surface area (Å²) in [6, 6.07) is 1.12. The Morgan fingerprint density at radius 3 is 2.85 bits per heavy atom. The number of carboxylic acid groups (broad SMARTS) is 1. The normalized spacial score (nSPS) is 26.0. The molecule has 1 aliphatic carbocycles. The number of nitrogens with one attached hydrogen (secondary N) is 2. The maximum absolute atomic E-state index is 12.0. The number of aromatic nitrogens is 2. The quantitative estimate of drug-likeness (QED) is 0.783. The predicted octanol–water partition coefficient (Wildman–Crippen LogP) is 1.58. The fourth-order valence-electron chi connectivity index (χ4n) is 2.76. The van der Waals surface area contributed by atoms with E-state index in [0.717, 1.165) is 12.8 Å². The lowest BCUT2D eigenvalue weighted by atomic mass is 9.76. The maximum Gasteiger partial charge on any atom is 0.329 e. The number of carbonyl (C=O) groups is 2. The molecule has 1 fully saturated rings. The second-order valence-corrected chi connectivity index (χ2v) is 5.54. The van der Waals surface area contributed by atoms with Crippen molar-refractivity contribution in [1.82, 2.24) is 15.1 Å². The molecule has 0 spiro atoms. The third-order valence-corrected chi connectivity index (χ3v) is 3.71. The molecule has 1 heterocycles. The van der Waals surface area contributed by atoms with E-state index in [2.05, 4.69) is 15.7 Å². The standard InChI is InChI=1S/C13H20N4O3/c1-9-4-3-6-13(8-9,11(18)19)15-12(20)14-10-5-7-17(2)16-10/h5,7,9H,3-4,6,8H2,1-2H3,(H,18,19)(H2,14,15,16,20). The van der Waals surface area contributed by atoms with Gasteiger partial charge in [0, 0.05) is 19.3 Å². The number of carboxylic acids is 1. The van der Waals surface area contributed by atoms with E-state index in [1.54, 1.807) is 24.0 Å². The van der Waals surface area contributed by atoms with Gasteiger partial charge in [-0.05, 0) is 18.8 Å². The van der Waals surface area contributed by atoms with Crippen LogP contribution in [0.15, 0.2) is 12.3 Å². The number of carbonyl (C=O) groups excluding carboxylic acids is 1. The van der Waals surface area contributed by atoms with E-state index < -0.39 is 17.5 Å². The summed E-state index contributed by atoms with van der Waals surface area (Å²) >= 11 is 0. The van der Waals surface area contributed by atoms with Crippen molar-refractivity contribution >= 4 is 17.8 Å². The van der Waals surface area contributed by atoms with Gasteiger partial charge in [0.25, 0.3) is 0 Å². The van der Waals surface area contributed by atoms with Crippen molar-refractivity contribution in [2.75, 3.05) is 5.32 Å². The molecule has 0 saturated heterocycles. The average Bonchev–Trinajstić information content (AvgIpc) is 2.74. The summed E-state index contributed by atoms with van der Waals surface area (Å²) in [7, 11) is 1.74. The molecular weight excluding hydrogens is 260 g/mol. The highest BCUT2D eigenvalue weighted by atomic mass is 16.4. The Morgan fingerprint density at radius 1 is 1.55 bits per heavy atom. The van der Waals surface area contributed by atoms with Gasteiger partial charge in [-0.1, -0.05) is 19.8 Å². The fourth-order valence-corrected chi connectivity index (χ4v) is 2.76. The van der Waals surface area contributed by atoms with E-state index >= 15 is 0 Å². The number of urea groups is 1. The van der Waals surface area contributed by atoms with Crippen LogP contribution in [-0.4, -0.2) is 32.4 Å². The summed E-state index contributed by atoms with van der Waals surface area (Å²) in [6.07, 6.45) is 4.42. The number of aliphatic carboxylic acids is 1. The maximum atomic E-state index is 12.0. The van der Waals surface area contributed by atoms with Crippen molar-refractivity contribution in [3.8, 4) is 0 Å². The average molecular weight is 280 g/mol. The molecule has 1 aromatic rings. The molecule has 110 valence electrons. The van der Waals surface area contributed by atoms with E-state index in [4.69, 9.17) is 0 Å². The molecule has 0 bridgehead atoms. The Balaban J connectivity index is 2.04. The molecule has 0 aromatic carbocycles. The first kappa shape index (κ1) is 14.4. The van der Waals surface area contributed by atoms with Crippen molar-refractivity contribution in [1.29, 1.82) is 0 Å². The number of hydrogen-bond donors (Lipinski definition) is 3. The molecule has 2 unspecified atom stereocenters. The molecule has 1 aliphatic rings. The summed E-state index contributed by atoms with van der Waals surface area (Å²) in [4.78, 5) is 23.5. The van der Waals surface area contributed by atoms with Gasteiger partial charge in [0.15, 0.2) is 5.82 Å². The number of nitrogens with zero attached hydrogens (tertiary/aromatic N) is 2. The summed E-state index contributed by atoms with van der Waals surface area (Å²) in [5, 5.41) is 18.7. The van der Waals surface area contributed by atoms with Crippen LogP contribution in [0.3, 0.4) is 0 Å². The SMILES string of the molecule is CC1CCCC(NC(=O)Nc2ccn(C)n2)(C(=O)O)C1. The molecule has 20 heavy (non-hydrogen) atoms. The van der Waals surface area contributed by atoms with E-state index in [9.17, 15) is 14.7 Å². The molecule has 1 aromatic heterocycles. The molecule has 1 saturated carbocycles. The van der Waals surface area contributed by atoms with Gasteiger partial charge in [-0.2, -0.15) is 5.10 Å². The van der Waals surface area contributed by atoms with E-state index in [-0.39, 0.29) is 5.92 Å². The first-order valence-electron chi connectivity index (χ1n) is 6.73. The van der Waals surface area contributed by atoms with Gasteiger partial charge in [-0.15, -0.1) is 0 Å². The lowest BCUT2D eigenvalue weighted by Crippen LogP contribution is -2.57. The molecular formula is C13H20N4O3. The molecule has 2 amide bonds. The van der Waals surface area contributed by atoms with Crippen molar-refractivity contribution in [2.24, 2.45) is 13.0 Å². The lowest BCUT2D eigenvalue weighted by Gasteiger charge is -2.36. The van der Waals surface area contributed by atoms with E-state index in [1.165, 1.54) is 0 Å². The van der Waals surface area contributed by atoms with Crippen LogP contribution in [0.25, 0.3) is 0 Å². The van der Waals surface area contributed by atoms with E-state index in [0.29, 0.717) is 18.7 Å². The van der Waals surface area contributed by atoms with Gasteiger partial charge in [-0.25, -0.2) is 9.59 Å². The highest BCUT2D eigenvalue weighted by Crippen LogP contribution is 2.32. The van der Waals surface area contributed by atoms with Crippen LogP contribution >= 0.6 is 0 Å². The van der Waals surface area contributed by atoms with Gasteiger partial charge < -0.3 is 10.4 Å². The monoisotopic (exact) mass is 280 g/mol. The van der Waals surface area contributed by atoms with Crippen LogP contribution < -0.4 is 10.6 Å². The molecule has 3 N–H and O–H groups in total. The van der Waals surface area contributed by atoms with Gasteiger partial charge in [0.2, 0.25) is 0 Å². The largest absolute Gasteiger partial charge is 0.480 e. The lowest BCUT2D eigenvalue weighted by molar-refractivity contribution is -0.146. The summed E-state index contributed by atoms with van der Waals surface area (Å²) in [5.74, 6) is -0.287. The molecule has 0 radical (unpaired) electrons. The number of anilines is 1. The van der Waals surface area contributed by atoms with Crippen LogP contribution in [0.5, 0.6) is 0 Å². The van der Waals surface area contributed by atoms with E-state index in [1.807, 2.05) is 6.92 Å². The van der Waals surface area contributed by atoms with Crippen LogP contribution in [-0.2, 0) is 11.8 Å². The molecule has 2 rings (SSSR count). The number of rotatable bonds is 3. The smallest absolute Gasteiger partial charge is 0.329 e. The van der Waals surface area contributed by atoms with Crippen LogP contribution in [0.1, 0.15) is 32.6 Å². The third kappa shape index (κ3) is 3.09. The minimum atomic E-state index is -1.17. The molecule has 7 nitrogen and oxygen atoms in total. The first-order valence-corrected chi connectivity index (χ1v) is 6.73. The zero-order chi connectivity index (χ0) is 14.8. The predicted molar refractivity (Wildman–Crippen MR) is 73.4 cm³/mol. The summed E-state index contributed by atoms with van der Waals surface area (Å²) in [6.45, 7) is 2.01. The summed E-state index contributed by atoms with van der Waals surface area (Å²) < 4.78 is 1.56. The highest BCUT2D eigenvalue weighted by Gasteiger charge is 2.43. The molecule has 0 aliphatic heterocycles. The Morgan fingerprint density at radius 2 is 2.30 bits per heavy atom. The Labute approximate surface area is 117 Å². The first-order chi connectivity index (χ1) is 9.41.